The van der Waals surface area contributed by atoms with Crippen molar-refractivity contribution in [1.29, 1.82) is 5.26 Å². The summed E-state index contributed by atoms with van der Waals surface area (Å²) >= 11 is 0. The van der Waals surface area contributed by atoms with E-state index < -0.39 is 47.9 Å². The molecule has 0 aliphatic heterocycles. The Morgan fingerprint density at radius 1 is 0.895 bits per heavy atom. The molecule has 6 nitrogen and oxygen atoms in total. The molecule has 0 saturated heterocycles. The van der Waals surface area contributed by atoms with E-state index in [0.29, 0.717) is 29.2 Å². The normalized spacial score (nSPS) is 13.3. The van der Waals surface area contributed by atoms with Crippen LogP contribution in [0.4, 0.5) is 18.9 Å². The number of nitro groups is 1. The molecule has 4 aromatic carbocycles. The SMILES string of the molecule is N#CC(c1ccccc1)c1c(S(=O)(=O)c2ccc([N+](=O)[O-])cc2C(F)(F)F)ccc2c1Cc1ccccc1-2. The fourth-order valence-electron chi connectivity index (χ4n) is 4.92. The molecule has 1 aliphatic carbocycles. The van der Waals surface area contributed by atoms with Gasteiger partial charge in [-0.15, -0.1) is 0 Å². The lowest BCUT2D eigenvalue weighted by Gasteiger charge is -2.21. The van der Waals surface area contributed by atoms with Gasteiger partial charge in [0.15, 0.2) is 0 Å². The highest BCUT2D eigenvalue weighted by Gasteiger charge is 2.41. The summed E-state index contributed by atoms with van der Waals surface area (Å²) in [6.07, 6.45) is -4.89. The quantitative estimate of drug-likeness (QED) is 0.185. The first kappa shape index (κ1) is 25.2. The molecule has 0 N–H and O–H groups in total. The molecule has 0 radical (unpaired) electrons. The molecule has 0 amide bonds. The van der Waals surface area contributed by atoms with Gasteiger partial charge in [-0.1, -0.05) is 60.7 Å². The summed E-state index contributed by atoms with van der Waals surface area (Å²) in [5.74, 6) is -1.10. The maximum absolute atomic E-state index is 14.0. The van der Waals surface area contributed by atoms with Crippen molar-refractivity contribution >= 4 is 15.5 Å². The van der Waals surface area contributed by atoms with E-state index >= 15 is 0 Å². The monoisotopic (exact) mass is 534 g/mol. The van der Waals surface area contributed by atoms with Crippen molar-refractivity contribution in [3.63, 3.8) is 0 Å². The first-order valence-electron chi connectivity index (χ1n) is 11.3. The van der Waals surface area contributed by atoms with Gasteiger partial charge < -0.3 is 0 Å². The highest BCUT2D eigenvalue weighted by molar-refractivity contribution is 7.91. The summed E-state index contributed by atoms with van der Waals surface area (Å²) in [6, 6.07) is 22.2. The van der Waals surface area contributed by atoms with Gasteiger partial charge in [-0.25, -0.2) is 8.42 Å². The van der Waals surface area contributed by atoms with Crippen LogP contribution < -0.4 is 0 Å². The molecule has 5 rings (SSSR count). The highest BCUT2D eigenvalue weighted by Crippen LogP contribution is 2.46. The van der Waals surface area contributed by atoms with E-state index in [-0.39, 0.29) is 11.6 Å². The van der Waals surface area contributed by atoms with Crippen LogP contribution in [0.15, 0.2) is 94.7 Å². The van der Waals surface area contributed by atoms with Crippen molar-refractivity contribution in [1.82, 2.24) is 0 Å². The highest BCUT2D eigenvalue weighted by atomic mass is 32.2. The van der Waals surface area contributed by atoms with Crippen LogP contribution in [-0.4, -0.2) is 13.3 Å². The average Bonchev–Trinajstić information content (AvgIpc) is 3.28. The van der Waals surface area contributed by atoms with Crippen molar-refractivity contribution in [2.75, 3.05) is 0 Å². The van der Waals surface area contributed by atoms with Gasteiger partial charge in [-0.3, -0.25) is 10.1 Å². The molecule has 0 heterocycles. The van der Waals surface area contributed by atoms with E-state index in [1.165, 1.54) is 12.1 Å². The number of sulfone groups is 1. The van der Waals surface area contributed by atoms with Gasteiger partial charge in [0.2, 0.25) is 9.84 Å². The summed E-state index contributed by atoms with van der Waals surface area (Å²) < 4.78 is 69.9. The summed E-state index contributed by atoms with van der Waals surface area (Å²) in [7, 11) is -4.89. The molecule has 1 atom stereocenters. The summed E-state index contributed by atoms with van der Waals surface area (Å²) in [4.78, 5) is 8.56. The second-order valence-corrected chi connectivity index (χ2v) is 10.6. The van der Waals surface area contributed by atoms with Crippen molar-refractivity contribution in [3.8, 4) is 17.2 Å². The fraction of sp³-hybridized carbons (Fsp3) is 0.107. The standard InChI is InChI=1S/C28H17F3N2O4S/c29-28(30,31)24-15-19(33(34)35)10-12-25(24)38(36,37)26-13-11-21-20-9-5-4-8-18(20)14-22(21)27(26)23(16-32)17-6-2-1-3-7-17/h1-13,15,23H,14H2. The van der Waals surface area contributed by atoms with Crippen LogP contribution in [0.3, 0.4) is 0 Å². The predicted octanol–water partition coefficient (Wildman–Crippen LogP) is 6.67. The zero-order valence-electron chi connectivity index (χ0n) is 19.4. The minimum Gasteiger partial charge on any atom is -0.258 e. The Kier molecular flexibility index (Phi) is 6.04. The van der Waals surface area contributed by atoms with Crippen LogP contribution in [0.25, 0.3) is 11.1 Å². The van der Waals surface area contributed by atoms with Crippen molar-refractivity contribution in [2.45, 2.75) is 28.3 Å². The van der Waals surface area contributed by atoms with Gasteiger partial charge in [-0.2, -0.15) is 18.4 Å². The van der Waals surface area contributed by atoms with Gasteiger partial charge in [0.1, 0.15) is 0 Å². The van der Waals surface area contributed by atoms with E-state index in [2.05, 4.69) is 6.07 Å². The van der Waals surface area contributed by atoms with E-state index in [0.717, 1.165) is 17.2 Å². The Morgan fingerprint density at radius 2 is 1.55 bits per heavy atom. The minimum absolute atomic E-state index is 0.0962. The molecule has 0 bridgehead atoms. The second kappa shape index (κ2) is 9.11. The molecule has 1 unspecified atom stereocenters. The number of halogens is 3. The lowest BCUT2D eigenvalue weighted by Crippen LogP contribution is -2.17. The number of hydrogen-bond donors (Lipinski definition) is 0. The molecule has 0 saturated carbocycles. The zero-order chi connectivity index (χ0) is 27.2. The smallest absolute Gasteiger partial charge is 0.258 e. The van der Waals surface area contributed by atoms with Gasteiger partial charge in [0.05, 0.1) is 32.3 Å². The average molecular weight is 535 g/mol. The number of nitrogens with zero attached hydrogens (tertiary/aromatic N) is 2. The fourth-order valence-corrected chi connectivity index (χ4v) is 6.65. The van der Waals surface area contributed by atoms with Crippen molar-refractivity contribution in [2.24, 2.45) is 0 Å². The predicted molar refractivity (Wildman–Crippen MR) is 132 cm³/mol. The molecule has 0 fully saturated rings. The topological polar surface area (TPSA) is 101 Å². The summed E-state index contributed by atoms with van der Waals surface area (Å²) in [5.41, 5.74) is 1.03. The van der Waals surface area contributed by atoms with E-state index in [1.54, 1.807) is 30.3 Å². The van der Waals surface area contributed by atoms with Crippen molar-refractivity contribution in [3.05, 3.63) is 123 Å². The number of hydrogen-bond acceptors (Lipinski definition) is 5. The van der Waals surface area contributed by atoms with Crippen LogP contribution in [-0.2, 0) is 22.4 Å². The number of nitriles is 1. The van der Waals surface area contributed by atoms with Gasteiger partial charge in [0, 0.05) is 12.1 Å². The molecule has 0 spiro atoms. The van der Waals surface area contributed by atoms with E-state index in [9.17, 15) is 37.0 Å². The molecule has 190 valence electrons. The molecule has 0 aromatic heterocycles. The molecule has 1 aliphatic rings. The maximum Gasteiger partial charge on any atom is 0.417 e. The number of fused-ring (bicyclic) bond motifs is 3. The Labute approximate surface area is 215 Å². The summed E-state index contributed by atoms with van der Waals surface area (Å²) in [5, 5.41) is 21.4. The molecule has 38 heavy (non-hydrogen) atoms. The molecule has 4 aromatic rings. The maximum atomic E-state index is 14.0. The Bertz CT molecular complexity index is 1740. The van der Waals surface area contributed by atoms with Crippen LogP contribution in [0, 0.1) is 21.4 Å². The first-order chi connectivity index (χ1) is 18.0. The minimum atomic E-state index is -5.18. The lowest BCUT2D eigenvalue weighted by atomic mass is 9.87. The third-order valence-electron chi connectivity index (χ3n) is 6.60. The second-order valence-electron chi connectivity index (χ2n) is 8.75. The third kappa shape index (κ3) is 4.11. The van der Waals surface area contributed by atoms with Gasteiger partial charge >= 0.3 is 6.18 Å². The number of non-ortho nitro benzene ring substituents is 1. The van der Waals surface area contributed by atoms with Crippen LogP contribution in [0.5, 0.6) is 0 Å². The molecule has 10 heteroatoms. The largest absolute Gasteiger partial charge is 0.417 e. The summed E-state index contributed by atoms with van der Waals surface area (Å²) in [6.45, 7) is 0. The first-order valence-corrected chi connectivity index (χ1v) is 12.8. The van der Waals surface area contributed by atoms with Gasteiger partial charge in [0.25, 0.3) is 5.69 Å². The van der Waals surface area contributed by atoms with Crippen LogP contribution >= 0.6 is 0 Å². The van der Waals surface area contributed by atoms with E-state index in [1.807, 2.05) is 24.3 Å². The van der Waals surface area contributed by atoms with Crippen LogP contribution in [0.2, 0.25) is 0 Å². The Hall–Kier alpha value is -4.49. The number of rotatable bonds is 5. The van der Waals surface area contributed by atoms with Crippen molar-refractivity contribution < 1.29 is 26.5 Å². The number of nitro benzene ring substituents is 1. The number of alkyl halides is 3. The number of benzene rings is 4. The third-order valence-corrected chi connectivity index (χ3v) is 8.47. The molecular weight excluding hydrogens is 517 g/mol. The van der Waals surface area contributed by atoms with E-state index in [4.69, 9.17) is 0 Å². The zero-order valence-corrected chi connectivity index (χ0v) is 20.3. The lowest BCUT2D eigenvalue weighted by molar-refractivity contribution is -0.385. The Balaban J connectivity index is 1.82. The Morgan fingerprint density at radius 3 is 2.21 bits per heavy atom. The molecular formula is C28H17F3N2O4S. The van der Waals surface area contributed by atoms with Crippen LogP contribution in [0.1, 0.15) is 33.7 Å². The van der Waals surface area contributed by atoms with Gasteiger partial charge in [-0.05, 0) is 51.9 Å².